The van der Waals surface area contributed by atoms with E-state index in [9.17, 15) is 4.79 Å². The summed E-state index contributed by atoms with van der Waals surface area (Å²) >= 11 is 0. The minimum Gasteiger partial charge on any atom is -0.444 e. The number of hydrogen-bond acceptors (Lipinski definition) is 4. The van der Waals surface area contributed by atoms with Gasteiger partial charge in [-0.15, -0.1) is 0 Å². The van der Waals surface area contributed by atoms with Gasteiger partial charge in [-0.3, -0.25) is 0 Å². The highest BCUT2D eigenvalue weighted by atomic mass is 16.6. The number of carbonyl (C=O) groups is 1. The van der Waals surface area contributed by atoms with Crippen LogP contribution in [0, 0.1) is 0 Å². The topological polar surface area (TPSA) is 55.3 Å². The van der Waals surface area contributed by atoms with Crippen molar-refractivity contribution in [3.05, 3.63) is 59.2 Å². The zero-order chi connectivity index (χ0) is 18.7. The number of carbonyl (C=O) groups excluding carboxylic acids is 1. The first kappa shape index (κ1) is 18.4. The number of ether oxygens (including phenoxy) is 1. The van der Waals surface area contributed by atoms with Crippen LogP contribution in [0.5, 0.6) is 0 Å². The molecule has 0 fully saturated rings. The van der Waals surface area contributed by atoms with Crippen LogP contribution in [0.25, 0.3) is 0 Å². The van der Waals surface area contributed by atoms with E-state index in [1.165, 1.54) is 5.56 Å². The number of fused-ring (bicyclic) bond motifs is 1. The van der Waals surface area contributed by atoms with Gasteiger partial charge in [-0.05, 0) is 38.3 Å². The van der Waals surface area contributed by atoms with Crippen LogP contribution in [0.1, 0.15) is 56.3 Å². The Morgan fingerprint density at radius 2 is 2.00 bits per heavy atom. The summed E-state index contributed by atoms with van der Waals surface area (Å²) in [5.41, 5.74) is 2.89. The van der Waals surface area contributed by atoms with Crippen LogP contribution in [-0.4, -0.2) is 39.7 Å². The minimum absolute atomic E-state index is 0.151. The molecule has 1 aromatic carbocycles. The molecular weight excluding hydrogens is 326 g/mol. The lowest BCUT2D eigenvalue weighted by atomic mass is 10.0. The van der Waals surface area contributed by atoms with E-state index in [2.05, 4.69) is 24.0 Å². The summed E-state index contributed by atoms with van der Waals surface area (Å²) in [5.74, 6) is 0.977. The molecule has 1 atom stereocenters. The van der Waals surface area contributed by atoms with Gasteiger partial charge in [-0.1, -0.05) is 37.3 Å². The maximum absolute atomic E-state index is 12.4. The number of rotatable bonds is 2. The second-order valence-corrected chi connectivity index (χ2v) is 7.94. The van der Waals surface area contributed by atoms with Gasteiger partial charge in [0.05, 0.1) is 5.69 Å². The van der Waals surface area contributed by atoms with Gasteiger partial charge in [0.2, 0.25) is 0 Å². The maximum atomic E-state index is 12.4. The Morgan fingerprint density at radius 3 is 2.69 bits per heavy atom. The lowest BCUT2D eigenvalue weighted by Gasteiger charge is -2.27. The van der Waals surface area contributed by atoms with Crippen LogP contribution in [0.4, 0.5) is 4.79 Å². The summed E-state index contributed by atoms with van der Waals surface area (Å²) in [6, 6.07) is 10.2. The number of amides is 1. The molecule has 0 spiro atoms. The molecule has 0 radical (unpaired) electrons. The molecule has 0 aliphatic carbocycles. The molecule has 1 unspecified atom stereocenters. The lowest BCUT2D eigenvalue weighted by molar-refractivity contribution is 0.0248. The SMILES string of the molecule is CC1CN(C(=O)OC(C)(C)C)CCc2cnc(Cc3ccccc3)nc21. The van der Waals surface area contributed by atoms with Crippen molar-refractivity contribution in [2.75, 3.05) is 13.1 Å². The summed E-state index contributed by atoms with van der Waals surface area (Å²) in [6.45, 7) is 9.03. The Kier molecular flexibility index (Phi) is 5.25. The standard InChI is InChI=1S/C21H27N3O2/c1-15-14-24(20(25)26-21(2,3)4)11-10-17-13-22-18(23-19(15)17)12-16-8-6-5-7-9-16/h5-9,13,15H,10-12,14H2,1-4H3. The number of aromatic nitrogens is 2. The Labute approximate surface area is 155 Å². The van der Waals surface area contributed by atoms with Crippen LogP contribution >= 0.6 is 0 Å². The van der Waals surface area contributed by atoms with Crippen LogP contribution in [0.3, 0.4) is 0 Å². The Balaban J connectivity index is 1.75. The highest BCUT2D eigenvalue weighted by Crippen LogP contribution is 2.25. The fourth-order valence-corrected chi connectivity index (χ4v) is 3.20. The molecule has 1 aromatic heterocycles. The van der Waals surface area contributed by atoms with Crippen molar-refractivity contribution >= 4 is 6.09 Å². The van der Waals surface area contributed by atoms with Crippen molar-refractivity contribution in [1.82, 2.24) is 14.9 Å². The molecule has 5 nitrogen and oxygen atoms in total. The van der Waals surface area contributed by atoms with E-state index in [1.807, 2.05) is 45.2 Å². The Morgan fingerprint density at radius 1 is 1.27 bits per heavy atom. The zero-order valence-electron chi connectivity index (χ0n) is 16.0. The summed E-state index contributed by atoms with van der Waals surface area (Å²) in [7, 11) is 0. The van der Waals surface area contributed by atoms with Crippen LogP contribution < -0.4 is 0 Å². The van der Waals surface area contributed by atoms with Crippen LogP contribution in [0.2, 0.25) is 0 Å². The van der Waals surface area contributed by atoms with Gasteiger partial charge in [0.15, 0.2) is 0 Å². The third-order valence-electron chi connectivity index (χ3n) is 4.42. The van der Waals surface area contributed by atoms with Crippen LogP contribution in [-0.2, 0) is 17.6 Å². The van der Waals surface area contributed by atoms with Gasteiger partial charge >= 0.3 is 6.09 Å². The third kappa shape index (κ3) is 4.59. The molecule has 0 bridgehead atoms. The van der Waals surface area contributed by atoms with Gasteiger partial charge < -0.3 is 9.64 Å². The van der Waals surface area contributed by atoms with Crippen molar-refractivity contribution in [2.24, 2.45) is 0 Å². The fourth-order valence-electron chi connectivity index (χ4n) is 3.20. The second-order valence-electron chi connectivity index (χ2n) is 7.94. The third-order valence-corrected chi connectivity index (χ3v) is 4.42. The fraction of sp³-hybridized carbons (Fsp3) is 0.476. The molecule has 1 aliphatic heterocycles. The highest BCUT2D eigenvalue weighted by molar-refractivity contribution is 5.68. The van der Waals surface area contributed by atoms with E-state index < -0.39 is 5.60 Å². The molecule has 0 saturated carbocycles. The van der Waals surface area contributed by atoms with E-state index in [0.29, 0.717) is 13.1 Å². The second kappa shape index (κ2) is 7.44. The average molecular weight is 353 g/mol. The highest BCUT2D eigenvalue weighted by Gasteiger charge is 2.28. The van der Waals surface area contributed by atoms with Crippen molar-refractivity contribution in [1.29, 1.82) is 0 Å². The van der Waals surface area contributed by atoms with E-state index in [1.54, 1.807) is 4.90 Å². The first-order valence-electron chi connectivity index (χ1n) is 9.18. The van der Waals surface area contributed by atoms with Crippen molar-refractivity contribution in [3.63, 3.8) is 0 Å². The summed E-state index contributed by atoms with van der Waals surface area (Å²) < 4.78 is 5.53. The quantitative estimate of drug-likeness (QED) is 0.820. The molecule has 0 N–H and O–H groups in total. The van der Waals surface area contributed by atoms with Crippen LogP contribution in [0.15, 0.2) is 36.5 Å². The number of nitrogens with zero attached hydrogens (tertiary/aromatic N) is 3. The number of hydrogen-bond donors (Lipinski definition) is 0. The molecule has 3 rings (SSSR count). The van der Waals surface area contributed by atoms with Gasteiger partial charge in [-0.25, -0.2) is 14.8 Å². The van der Waals surface area contributed by atoms with E-state index >= 15 is 0 Å². The average Bonchev–Trinajstić information content (AvgIpc) is 2.74. The van der Waals surface area contributed by atoms with Gasteiger partial charge in [-0.2, -0.15) is 0 Å². The van der Waals surface area contributed by atoms with Crippen molar-refractivity contribution < 1.29 is 9.53 Å². The summed E-state index contributed by atoms with van der Waals surface area (Å²) in [6.07, 6.45) is 3.14. The predicted molar refractivity (Wildman–Crippen MR) is 101 cm³/mol. The minimum atomic E-state index is -0.484. The van der Waals surface area contributed by atoms with Gasteiger partial charge in [0, 0.05) is 31.6 Å². The first-order valence-corrected chi connectivity index (χ1v) is 9.18. The Bertz CT molecular complexity index is 769. The molecular formula is C21H27N3O2. The molecule has 2 heterocycles. The van der Waals surface area contributed by atoms with Gasteiger partial charge in [0.25, 0.3) is 0 Å². The monoisotopic (exact) mass is 353 g/mol. The molecule has 138 valence electrons. The Hall–Kier alpha value is -2.43. The molecule has 1 amide bonds. The molecule has 5 heteroatoms. The predicted octanol–water partition coefficient (Wildman–Crippen LogP) is 3.96. The summed E-state index contributed by atoms with van der Waals surface area (Å²) in [5, 5.41) is 0. The van der Waals surface area contributed by atoms with E-state index in [-0.39, 0.29) is 12.0 Å². The lowest BCUT2D eigenvalue weighted by Crippen LogP contribution is -2.38. The smallest absolute Gasteiger partial charge is 0.410 e. The number of benzene rings is 1. The molecule has 26 heavy (non-hydrogen) atoms. The first-order chi connectivity index (χ1) is 12.3. The van der Waals surface area contributed by atoms with Crippen molar-refractivity contribution in [2.45, 2.75) is 52.1 Å². The normalized spacial score (nSPS) is 17.4. The van der Waals surface area contributed by atoms with E-state index in [0.717, 1.165) is 29.9 Å². The van der Waals surface area contributed by atoms with Gasteiger partial charge in [0.1, 0.15) is 11.4 Å². The summed E-state index contributed by atoms with van der Waals surface area (Å²) in [4.78, 5) is 23.6. The van der Waals surface area contributed by atoms with Crippen molar-refractivity contribution in [3.8, 4) is 0 Å². The molecule has 0 saturated heterocycles. The van der Waals surface area contributed by atoms with E-state index in [4.69, 9.17) is 9.72 Å². The zero-order valence-corrected chi connectivity index (χ0v) is 16.0. The largest absolute Gasteiger partial charge is 0.444 e. The molecule has 1 aliphatic rings. The maximum Gasteiger partial charge on any atom is 0.410 e. The molecule has 2 aromatic rings.